The first-order valence-electron chi connectivity index (χ1n) is 4.85. The van der Waals surface area contributed by atoms with Crippen molar-refractivity contribution in [3.63, 3.8) is 0 Å². The minimum Gasteiger partial charge on any atom is -0.372 e. The first-order valence-corrected chi connectivity index (χ1v) is 4.85. The van der Waals surface area contributed by atoms with E-state index < -0.39 is 0 Å². The van der Waals surface area contributed by atoms with Crippen LogP contribution in [0.4, 0.5) is 0 Å². The normalized spacial score (nSPS) is 22.3. The molecule has 4 heteroatoms. The molecule has 0 aromatic rings. The van der Waals surface area contributed by atoms with Crippen LogP contribution < -0.4 is 5.73 Å². The lowest BCUT2D eigenvalue weighted by Crippen LogP contribution is -2.34. The van der Waals surface area contributed by atoms with E-state index >= 15 is 0 Å². The summed E-state index contributed by atoms with van der Waals surface area (Å²) in [6.07, 6.45) is 1.87. The van der Waals surface area contributed by atoms with Gasteiger partial charge in [-0.1, -0.05) is 6.92 Å². The van der Waals surface area contributed by atoms with Gasteiger partial charge in [0, 0.05) is 25.7 Å². The highest BCUT2D eigenvalue weighted by atomic mass is 16.5. The number of amides is 1. The molecule has 76 valence electrons. The Kier molecular flexibility index (Phi) is 4.18. The zero-order valence-corrected chi connectivity index (χ0v) is 8.16. The van der Waals surface area contributed by atoms with Gasteiger partial charge in [-0.3, -0.25) is 4.79 Å². The topological polar surface area (TPSA) is 55.6 Å². The fourth-order valence-corrected chi connectivity index (χ4v) is 1.41. The summed E-state index contributed by atoms with van der Waals surface area (Å²) in [6, 6.07) is 0.162. The van der Waals surface area contributed by atoms with Gasteiger partial charge in [0.2, 0.25) is 5.91 Å². The van der Waals surface area contributed by atoms with Crippen LogP contribution in [-0.2, 0) is 9.53 Å². The first-order chi connectivity index (χ1) is 6.24. The van der Waals surface area contributed by atoms with E-state index in [0.29, 0.717) is 13.2 Å². The number of likely N-dealkylation sites (tertiary alicyclic amines) is 1. The van der Waals surface area contributed by atoms with Crippen molar-refractivity contribution in [2.24, 2.45) is 5.73 Å². The van der Waals surface area contributed by atoms with E-state index in [1.54, 1.807) is 4.90 Å². The summed E-state index contributed by atoms with van der Waals surface area (Å²) in [5, 5.41) is 0. The van der Waals surface area contributed by atoms with Crippen LogP contribution >= 0.6 is 0 Å². The summed E-state index contributed by atoms with van der Waals surface area (Å²) < 4.78 is 5.16. The average Bonchev–Trinajstić information content (AvgIpc) is 2.52. The number of hydrogen-bond donors (Lipinski definition) is 1. The minimum atomic E-state index is 0.0707. The molecule has 0 bridgehead atoms. The standard InChI is InChI=1S/C9H18N2O2/c1-2-5-13-7-9(12)11-4-3-8(10)6-11/h8H,2-7,10H2,1H3. The molecule has 1 amide bonds. The van der Waals surface area contributed by atoms with Crippen molar-refractivity contribution in [1.82, 2.24) is 4.90 Å². The van der Waals surface area contributed by atoms with Crippen LogP contribution in [0, 0.1) is 0 Å². The van der Waals surface area contributed by atoms with Crippen LogP contribution in [0.2, 0.25) is 0 Å². The van der Waals surface area contributed by atoms with E-state index in [4.69, 9.17) is 10.5 Å². The SMILES string of the molecule is CCCOCC(=O)N1CCC(N)C1. The number of rotatable bonds is 4. The van der Waals surface area contributed by atoms with Gasteiger partial charge in [-0.25, -0.2) is 0 Å². The van der Waals surface area contributed by atoms with Crippen LogP contribution in [0.15, 0.2) is 0 Å². The molecule has 0 radical (unpaired) electrons. The fraction of sp³-hybridized carbons (Fsp3) is 0.889. The van der Waals surface area contributed by atoms with Crippen LogP contribution in [0.5, 0.6) is 0 Å². The molecule has 0 aromatic carbocycles. The zero-order chi connectivity index (χ0) is 9.68. The molecular formula is C9H18N2O2. The predicted octanol–water partition coefficient (Wildman–Crippen LogP) is -0.0274. The van der Waals surface area contributed by atoms with Gasteiger partial charge in [0.05, 0.1) is 0 Å². The predicted molar refractivity (Wildman–Crippen MR) is 50.3 cm³/mol. The Hall–Kier alpha value is -0.610. The summed E-state index contributed by atoms with van der Waals surface area (Å²) >= 11 is 0. The number of nitrogens with zero attached hydrogens (tertiary/aromatic N) is 1. The smallest absolute Gasteiger partial charge is 0.248 e. The van der Waals surface area contributed by atoms with Gasteiger partial charge in [-0.2, -0.15) is 0 Å². The molecule has 1 fully saturated rings. The molecule has 0 saturated carbocycles. The molecule has 1 atom stereocenters. The first kappa shape index (κ1) is 10.5. The number of carbonyl (C=O) groups is 1. The van der Waals surface area contributed by atoms with Crippen LogP contribution in [0.3, 0.4) is 0 Å². The molecular weight excluding hydrogens is 168 g/mol. The highest BCUT2D eigenvalue weighted by molar-refractivity contribution is 5.77. The maximum Gasteiger partial charge on any atom is 0.248 e. The Morgan fingerprint density at radius 1 is 1.69 bits per heavy atom. The van der Waals surface area contributed by atoms with Crippen molar-refractivity contribution in [1.29, 1.82) is 0 Å². The van der Waals surface area contributed by atoms with Gasteiger partial charge >= 0.3 is 0 Å². The third-order valence-corrected chi connectivity index (χ3v) is 2.15. The van der Waals surface area contributed by atoms with Crippen molar-refractivity contribution in [3.05, 3.63) is 0 Å². The number of ether oxygens (including phenoxy) is 1. The summed E-state index contributed by atoms with van der Waals surface area (Å²) in [4.78, 5) is 13.2. The fourth-order valence-electron chi connectivity index (χ4n) is 1.41. The van der Waals surface area contributed by atoms with E-state index in [-0.39, 0.29) is 18.6 Å². The molecule has 0 aromatic heterocycles. The lowest BCUT2D eigenvalue weighted by molar-refractivity contribution is -0.135. The van der Waals surface area contributed by atoms with E-state index in [1.807, 2.05) is 6.92 Å². The Balaban J connectivity index is 2.16. The lowest BCUT2D eigenvalue weighted by atomic mass is 10.3. The number of hydrogen-bond acceptors (Lipinski definition) is 3. The number of carbonyl (C=O) groups excluding carboxylic acids is 1. The van der Waals surface area contributed by atoms with Crippen LogP contribution in [-0.4, -0.2) is 43.2 Å². The summed E-state index contributed by atoms with van der Waals surface area (Å²) in [5.41, 5.74) is 5.68. The Labute approximate surface area is 79.0 Å². The largest absolute Gasteiger partial charge is 0.372 e. The lowest BCUT2D eigenvalue weighted by Gasteiger charge is -2.15. The monoisotopic (exact) mass is 186 g/mol. The Morgan fingerprint density at radius 3 is 3.00 bits per heavy atom. The van der Waals surface area contributed by atoms with E-state index in [1.165, 1.54) is 0 Å². The molecule has 1 aliphatic rings. The quantitative estimate of drug-likeness (QED) is 0.627. The van der Waals surface area contributed by atoms with Gasteiger partial charge < -0.3 is 15.4 Å². The van der Waals surface area contributed by atoms with Crippen LogP contribution in [0.1, 0.15) is 19.8 Å². The maximum absolute atomic E-state index is 11.4. The van der Waals surface area contributed by atoms with Gasteiger partial charge in [-0.15, -0.1) is 0 Å². The van der Waals surface area contributed by atoms with Gasteiger partial charge in [0.15, 0.2) is 0 Å². The van der Waals surface area contributed by atoms with Crippen LogP contribution in [0.25, 0.3) is 0 Å². The summed E-state index contributed by atoms with van der Waals surface area (Å²) in [7, 11) is 0. The van der Waals surface area contributed by atoms with E-state index in [9.17, 15) is 4.79 Å². The molecule has 13 heavy (non-hydrogen) atoms. The third kappa shape index (κ3) is 3.32. The Morgan fingerprint density at radius 2 is 2.46 bits per heavy atom. The third-order valence-electron chi connectivity index (χ3n) is 2.15. The molecule has 2 N–H and O–H groups in total. The second-order valence-corrected chi connectivity index (χ2v) is 3.44. The van der Waals surface area contributed by atoms with Gasteiger partial charge in [-0.05, 0) is 12.8 Å². The molecule has 1 heterocycles. The van der Waals surface area contributed by atoms with Crippen molar-refractivity contribution in [3.8, 4) is 0 Å². The van der Waals surface area contributed by atoms with Gasteiger partial charge in [0.1, 0.15) is 6.61 Å². The molecule has 1 saturated heterocycles. The summed E-state index contributed by atoms with van der Waals surface area (Å²) in [6.45, 7) is 4.37. The van der Waals surface area contributed by atoms with E-state index in [2.05, 4.69) is 0 Å². The molecule has 4 nitrogen and oxygen atoms in total. The number of nitrogens with two attached hydrogens (primary N) is 1. The molecule has 1 rings (SSSR count). The second kappa shape index (κ2) is 5.19. The Bertz CT molecular complexity index is 173. The maximum atomic E-state index is 11.4. The second-order valence-electron chi connectivity index (χ2n) is 3.44. The van der Waals surface area contributed by atoms with Crippen molar-refractivity contribution in [2.45, 2.75) is 25.8 Å². The van der Waals surface area contributed by atoms with Crippen molar-refractivity contribution >= 4 is 5.91 Å². The zero-order valence-electron chi connectivity index (χ0n) is 8.16. The highest BCUT2D eigenvalue weighted by Crippen LogP contribution is 2.06. The van der Waals surface area contributed by atoms with Crippen molar-refractivity contribution < 1.29 is 9.53 Å². The average molecular weight is 186 g/mol. The summed E-state index contributed by atoms with van der Waals surface area (Å²) in [5.74, 6) is 0.0707. The minimum absolute atomic E-state index is 0.0707. The molecule has 0 spiro atoms. The van der Waals surface area contributed by atoms with Crippen molar-refractivity contribution in [2.75, 3.05) is 26.3 Å². The highest BCUT2D eigenvalue weighted by Gasteiger charge is 2.22. The molecule has 0 aliphatic carbocycles. The van der Waals surface area contributed by atoms with E-state index in [0.717, 1.165) is 19.4 Å². The molecule has 1 unspecified atom stereocenters. The van der Waals surface area contributed by atoms with Gasteiger partial charge in [0.25, 0.3) is 0 Å². The molecule has 1 aliphatic heterocycles.